The molecular weight excluding hydrogens is 417 g/mol. The molecule has 11 nitrogen and oxygen atoms in total. The molecule has 1 fully saturated rings. The molecule has 1 saturated carbocycles. The highest BCUT2D eigenvalue weighted by atomic mass is 35.5. The lowest BCUT2D eigenvalue weighted by atomic mass is 10.2. The predicted octanol–water partition coefficient (Wildman–Crippen LogP) is 1.24. The third-order valence-corrected chi connectivity index (χ3v) is 5.11. The number of rotatable bonds is 8. The SMILES string of the molecule is NS(=O)(=O)NC1(CCNc2nonc2C(=NO)Nc2ccc(F)c(Cl)c2)CC1. The molecule has 0 atom stereocenters. The number of amidine groups is 1. The van der Waals surface area contributed by atoms with Crippen molar-refractivity contribution in [2.75, 3.05) is 17.2 Å². The van der Waals surface area contributed by atoms with Crippen molar-refractivity contribution in [3.8, 4) is 0 Å². The quantitative estimate of drug-likeness (QED) is 0.179. The summed E-state index contributed by atoms with van der Waals surface area (Å²) in [4.78, 5) is 0. The first kappa shape index (κ1) is 20.3. The molecule has 0 aliphatic heterocycles. The summed E-state index contributed by atoms with van der Waals surface area (Å²) in [6.07, 6.45) is 1.79. The van der Waals surface area contributed by atoms with E-state index in [-0.39, 0.29) is 22.4 Å². The number of oxime groups is 1. The number of hydrogen-bond acceptors (Lipinski definition) is 8. The van der Waals surface area contributed by atoms with E-state index in [0.717, 1.165) is 6.07 Å². The van der Waals surface area contributed by atoms with Crippen LogP contribution in [-0.4, -0.2) is 41.9 Å². The summed E-state index contributed by atoms with van der Waals surface area (Å²) in [6, 6.07) is 3.84. The number of anilines is 2. The van der Waals surface area contributed by atoms with Crippen LogP contribution in [0.2, 0.25) is 5.02 Å². The molecule has 2 aromatic rings. The zero-order valence-electron chi connectivity index (χ0n) is 14.3. The van der Waals surface area contributed by atoms with Gasteiger partial charge in [-0.1, -0.05) is 16.8 Å². The fourth-order valence-electron chi connectivity index (χ4n) is 2.58. The molecule has 1 aromatic carbocycles. The van der Waals surface area contributed by atoms with Gasteiger partial charge >= 0.3 is 0 Å². The minimum Gasteiger partial charge on any atom is -0.409 e. The smallest absolute Gasteiger partial charge is 0.274 e. The molecule has 28 heavy (non-hydrogen) atoms. The van der Waals surface area contributed by atoms with Crippen LogP contribution in [-0.2, 0) is 10.2 Å². The van der Waals surface area contributed by atoms with Gasteiger partial charge in [0.25, 0.3) is 10.2 Å². The fourth-order valence-corrected chi connectivity index (χ4v) is 3.67. The largest absolute Gasteiger partial charge is 0.409 e. The topological polar surface area (TPSA) is 168 Å². The Hall–Kier alpha value is -2.48. The third kappa shape index (κ3) is 5.07. The van der Waals surface area contributed by atoms with E-state index in [1.807, 2.05) is 0 Å². The predicted molar refractivity (Wildman–Crippen MR) is 99.0 cm³/mol. The van der Waals surface area contributed by atoms with Crippen LogP contribution in [0.3, 0.4) is 0 Å². The normalized spacial score (nSPS) is 16.0. The van der Waals surface area contributed by atoms with Crippen LogP contribution >= 0.6 is 11.6 Å². The fraction of sp³-hybridized carbons (Fsp3) is 0.357. The monoisotopic (exact) mass is 433 g/mol. The number of aromatic nitrogens is 2. The molecular formula is C14H17ClFN7O4S. The van der Waals surface area contributed by atoms with Gasteiger partial charge in [0.1, 0.15) is 5.82 Å². The second-order valence-electron chi connectivity index (χ2n) is 6.27. The average Bonchev–Trinajstić information content (AvgIpc) is 3.19. The molecule has 1 aliphatic rings. The van der Waals surface area contributed by atoms with E-state index in [0.29, 0.717) is 31.5 Å². The van der Waals surface area contributed by atoms with Gasteiger partial charge < -0.3 is 15.8 Å². The number of nitrogens with one attached hydrogen (secondary N) is 3. The van der Waals surface area contributed by atoms with Gasteiger partial charge in [-0.3, -0.25) is 0 Å². The summed E-state index contributed by atoms with van der Waals surface area (Å²) < 4.78 is 42.8. The summed E-state index contributed by atoms with van der Waals surface area (Å²) in [7, 11) is -3.79. The molecule has 3 rings (SSSR count). The standard InChI is InChI=1S/C14H17ClFN7O4S/c15-9-7-8(1-2-10(9)16)19-13(20-24)11-12(22-27-21-11)18-6-5-14(3-4-14)23-28(17,25)26/h1-2,7,23-24H,3-6H2,(H,18,22)(H,19,20)(H2,17,25,26). The van der Waals surface area contributed by atoms with E-state index in [2.05, 4.69) is 35.5 Å². The summed E-state index contributed by atoms with van der Waals surface area (Å²) in [5.74, 6) is -0.544. The van der Waals surface area contributed by atoms with Crippen LogP contribution in [0.1, 0.15) is 25.0 Å². The molecule has 152 valence electrons. The number of benzene rings is 1. The zero-order chi connectivity index (χ0) is 20.4. The summed E-state index contributed by atoms with van der Waals surface area (Å²) in [6.45, 7) is 0.324. The minimum absolute atomic E-state index is 0.0622. The lowest BCUT2D eigenvalue weighted by Crippen LogP contribution is -2.42. The molecule has 1 heterocycles. The molecule has 1 aliphatic carbocycles. The number of nitrogens with two attached hydrogens (primary N) is 1. The summed E-state index contributed by atoms with van der Waals surface area (Å²) in [5.41, 5.74) is -0.163. The molecule has 6 N–H and O–H groups in total. The van der Waals surface area contributed by atoms with E-state index in [1.54, 1.807) is 0 Å². The van der Waals surface area contributed by atoms with Crippen molar-refractivity contribution in [1.29, 1.82) is 0 Å². The van der Waals surface area contributed by atoms with Gasteiger partial charge in [-0.25, -0.2) is 14.2 Å². The lowest BCUT2D eigenvalue weighted by molar-refractivity contribution is 0.305. The van der Waals surface area contributed by atoms with Crippen LogP contribution < -0.4 is 20.5 Å². The van der Waals surface area contributed by atoms with Crippen LogP contribution in [0.25, 0.3) is 0 Å². The highest BCUT2D eigenvalue weighted by Crippen LogP contribution is 2.39. The Morgan fingerprint density at radius 2 is 2.18 bits per heavy atom. The van der Waals surface area contributed by atoms with Crippen LogP contribution in [0.15, 0.2) is 28.0 Å². The number of hydrogen-bond donors (Lipinski definition) is 5. The van der Waals surface area contributed by atoms with E-state index in [1.165, 1.54) is 12.1 Å². The summed E-state index contributed by atoms with van der Waals surface area (Å²) >= 11 is 5.73. The zero-order valence-corrected chi connectivity index (χ0v) is 15.9. The molecule has 0 saturated heterocycles. The van der Waals surface area contributed by atoms with Crippen molar-refractivity contribution in [2.24, 2.45) is 10.3 Å². The first-order chi connectivity index (χ1) is 13.2. The molecule has 0 unspecified atom stereocenters. The number of halogens is 2. The van der Waals surface area contributed by atoms with E-state index in [9.17, 15) is 18.0 Å². The Balaban J connectivity index is 1.64. The van der Waals surface area contributed by atoms with Crippen LogP contribution in [0, 0.1) is 5.82 Å². The average molecular weight is 434 g/mol. The van der Waals surface area contributed by atoms with Gasteiger partial charge in [-0.15, -0.1) is 0 Å². The van der Waals surface area contributed by atoms with Gasteiger partial charge in [-0.2, -0.15) is 13.1 Å². The van der Waals surface area contributed by atoms with Crippen molar-refractivity contribution in [2.45, 2.75) is 24.8 Å². The Kier molecular flexibility index (Phi) is 5.69. The first-order valence-corrected chi connectivity index (χ1v) is 9.96. The third-order valence-electron chi connectivity index (χ3n) is 4.10. The Bertz CT molecular complexity index is 993. The van der Waals surface area contributed by atoms with Gasteiger partial charge in [-0.05, 0) is 47.8 Å². The van der Waals surface area contributed by atoms with E-state index >= 15 is 0 Å². The molecule has 0 bridgehead atoms. The van der Waals surface area contributed by atoms with E-state index in [4.69, 9.17) is 16.7 Å². The van der Waals surface area contributed by atoms with Gasteiger partial charge in [0.05, 0.1) is 5.02 Å². The molecule has 14 heteroatoms. The van der Waals surface area contributed by atoms with Crippen molar-refractivity contribution >= 4 is 39.2 Å². The van der Waals surface area contributed by atoms with Crippen LogP contribution in [0.5, 0.6) is 0 Å². The maximum atomic E-state index is 13.3. The second kappa shape index (κ2) is 7.87. The highest BCUT2D eigenvalue weighted by molar-refractivity contribution is 7.87. The molecule has 1 aromatic heterocycles. The Morgan fingerprint density at radius 1 is 1.43 bits per heavy atom. The van der Waals surface area contributed by atoms with Crippen molar-refractivity contribution in [3.05, 3.63) is 34.7 Å². The van der Waals surface area contributed by atoms with Gasteiger partial charge in [0.15, 0.2) is 5.69 Å². The highest BCUT2D eigenvalue weighted by Gasteiger charge is 2.44. The van der Waals surface area contributed by atoms with Crippen molar-refractivity contribution in [1.82, 2.24) is 15.0 Å². The van der Waals surface area contributed by atoms with Crippen LogP contribution in [0.4, 0.5) is 15.9 Å². The second-order valence-corrected chi connectivity index (χ2v) is 7.97. The Labute approximate surface area is 164 Å². The number of nitrogens with zero attached hydrogens (tertiary/aromatic N) is 3. The molecule has 0 radical (unpaired) electrons. The van der Waals surface area contributed by atoms with Gasteiger partial charge in [0.2, 0.25) is 11.7 Å². The maximum absolute atomic E-state index is 13.3. The maximum Gasteiger partial charge on any atom is 0.274 e. The van der Waals surface area contributed by atoms with Gasteiger partial charge in [0, 0.05) is 17.8 Å². The van der Waals surface area contributed by atoms with Crippen molar-refractivity contribution in [3.63, 3.8) is 0 Å². The lowest BCUT2D eigenvalue weighted by Gasteiger charge is -2.15. The van der Waals surface area contributed by atoms with Crippen molar-refractivity contribution < 1.29 is 22.6 Å². The molecule has 0 amide bonds. The summed E-state index contributed by atoms with van der Waals surface area (Å²) in [5, 5.41) is 30.3. The first-order valence-electron chi connectivity index (χ1n) is 8.04. The van der Waals surface area contributed by atoms with E-state index < -0.39 is 21.6 Å². The minimum atomic E-state index is -3.79. The Morgan fingerprint density at radius 3 is 2.79 bits per heavy atom. The molecule has 0 spiro atoms.